The van der Waals surface area contributed by atoms with Crippen LogP contribution in [0.15, 0.2) is 63.2 Å². The average molecular weight is 615 g/mol. The summed E-state index contributed by atoms with van der Waals surface area (Å²) in [4.78, 5) is 56.4. The predicted octanol–water partition coefficient (Wildman–Crippen LogP) is 2.49. The fourth-order valence-corrected chi connectivity index (χ4v) is 4.52. The number of nitrogens with zero attached hydrogens (tertiary/aromatic N) is 5. The van der Waals surface area contributed by atoms with E-state index in [4.69, 9.17) is 11.6 Å². The number of nitrogens with one attached hydrogen (secondary N) is 3. The zero-order valence-electron chi connectivity index (χ0n) is 22.3. The molecule has 0 unspecified atom stereocenters. The third-order valence-electron chi connectivity index (χ3n) is 6.36. The molecule has 5 rings (SSSR count). The van der Waals surface area contributed by atoms with Crippen molar-refractivity contribution in [2.75, 3.05) is 11.9 Å². The Morgan fingerprint density at radius 1 is 1.05 bits per heavy atom. The molecule has 222 valence electrons. The van der Waals surface area contributed by atoms with Crippen molar-refractivity contribution in [2.24, 2.45) is 0 Å². The number of hydrogen-bond donors (Lipinski definition) is 3. The number of amides is 1. The van der Waals surface area contributed by atoms with Crippen molar-refractivity contribution in [3.63, 3.8) is 0 Å². The molecule has 0 fully saturated rings. The predicted molar refractivity (Wildman–Crippen MR) is 151 cm³/mol. The molecule has 1 amide bonds. The summed E-state index contributed by atoms with van der Waals surface area (Å²) < 4.78 is 44.8. The highest BCUT2D eigenvalue weighted by molar-refractivity contribution is 6.34. The van der Waals surface area contributed by atoms with Crippen molar-refractivity contribution in [3.8, 4) is 0 Å². The molecule has 0 radical (unpaired) electrons. The van der Waals surface area contributed by atoms with E-state index in [2.05, 4.69) is 25.7 Å². The van der Waals surface area contributed by atoms with Gasteiger partial charge in [0.05, 0.1) is 35.9 Å². The Morgan fingerprint density at radius 3 is 2.49 bits per heavy atom. The Bertz CT molecular complexity index is 2030. The van der Waals surface area contributed by atoms with E-state index in [1.807, 2.05) is 0 Å². The average Bonchev–Trinajstić information content (AvgIpc) is 3.33. The smallest absolute Gasteiger partial charge is 0.354 e. The summed E-state index contributed by atoms with van der Waals surface area (Å²) in [6.07, 6.45) is 3.07. The molecule has 0 spiro atoms. The second-order valence-corrected chi connectivity index (χ2v) is 9.87. The van der Waals surface area contributed by atoms with Crippen LogP contribution in [0.3, 0.4) is 0 Å². The minimum atomic E-state index is -1.68. The van der Waals surface area contributed by atoms with Crippen LogP contribution >= 0.6 is 11.6 Å². The van der Waals surface area contributed by atoms with E-state index in [9.17, 15) is 32.3 Å². The first-order valence-corrected chi connectivity index (χ1v) is 13.1. The van der Waals surface area contributed by atoms with Gasteiger partial charge in [-0.25, -0.2) is 27.3 Å². The summed E-state index contributed by atoms with van der Waals surface area (Å²) in [5.74, 6) is -5.15. The van der Waals surface area contributed by atoms with E-state index >= 15 is 0 Å². The largest absolute Gasteiger partial charge is 0.355 e. The third-order valence-corrected chi connectivity index (χ3v) is 6.68. The van der Waals surface area contributed by atoms with Crippen LogP contribution in [-0.4, -0.2) is 41.3 Å². The van der Waals surface area contributed by atoms with E-state index in [0.717, 1.165) is 4.57 Å². The van der Waals surface area contributed by atoms with Crippen LogP contribution in [-0.2, 0) is 24.4 Å². The van der Waals surface area contributed by atoms with Gasteiger partial charge in [0.25, 0.3) is 5.56 Å². The van der Waals surface area contributed by atoms with Gasteiger partial charge in [-0.05, 0) is 35.9 Å². The highest BCUT2D eigenvalue weighted by atomic mass is 35.5. The first-order valence-electron chi connectivity index (χ1n) is 12.7. The van der Waals surface area contributed by atoms with E-state index in [-0.39, 0.29) is 33.7 Å². The summed E-state index contributed by atoms with van der Waals surface area (Å²) in [5, 5.41) is 10.6. The standard InChI is InChI=1S/C27H22ClF3N8O4/c1-14(40)32-5-6-37-12-17-9-22(18(28)10-21(17)36-37)34-25-35-26(42)39(13-16-3-2-4-33-24(16)41)27(43)38(25)11-15-7-19(29)23(31)20(30)8-15/h2-4,7-10,12H,5-6,11,13H2,1H3,(H,32,40)(H,33,41)(H,34,35,42). The Morgan fingerprint density at radius 2 is 1.79 bits per heavy atom. The van der Waals surface area contributed by atoms with Gasteiger partial charge in [-0.3, -0.25) is 18.8 Å². The van der Waals surface area contributed by atoms with Crippen LogP contribution < -0.4 is 27.6 Å². The normalized spacial score (nSPS) is 11.2. The number of pyridine rings is 1. The maximum absolute atomic E-state index is 14.0. The van der Waals surface area contributed by atoms with Crippen molar-refractivity contribution < 1.29 is 18.0 Å². The number of halogens is 4. The second kappa shape index (κ2) is 12.0. The molecule has 3 N–H and O–H groups in total. The van der Waals surface area contributed by atoms with Crippen molar-refractivity contribution >= 4 is 40.0 Å². The molecule has 2 aromatic carbocycles. The maximum atomic E-state index is 14.0. The Labute approximate surface area is 244 Å². The van der Waals surface area contributed by atoms with Crippen molar-refractivity contribution in [1.29, 1.82) is 0 Å². The molecule has 0 aliphatic carbocycles. The maximum Gasteiger partial charge on any atom is 0.355 e. The van der Waals surface area contributed by atoms with Crippen molar-refractivity contribution in [1.82, 2.24) is 34.2 Å². The topological polar surface area (TPSA) is 149 Å². The Balaban J connectivity index is 1.57. The minimum absolute atomic E-state index is 0.0821. The molecule has 0 bridgehead atoms. The zero-order chi connectivity index (χ0) is 30.8. The van der Waals surface area contributed by atoms with E-state index in [1.165, 1.54) is 31.3 Å². The van der Waals surface area contributed by atoms with Gasteiger partial charge in [-0.2, -0.15) is 10.1 Å². The van der Waals surface area contributed by atoms with E-state index in [1.54, 1.807) is 16.9 Å². The molecule has 16 heteroatoms. The van der Waals surface area contributed by atoms with Crippen LogP contribution in [0.2, 0.25) is 5.02 Å². The van der Waals surface area contributed by atoms with E-state index < -0.39 is 47.5 Å². The Kier molecular flexibility index (Phi) is 8.16. The number of benzene rings is 2. The van der Waals surface area contributed by atoms with Crippen LogP contribution in [0.25, 0.3) is 10.9 Å². The van der Waals surface area contributed by atoms with E-state index in [0.29, 0.717) is 40.7 Å². The van der Waals surface area contributed by atoms with Gasteiger partial charge in [-0.1, -0.05) is 17.7 Å². The molecular weight excluding hydrogens is 593 g/mol. The highest BCUT2D eigenvalue weighted by Gasteiger charge is 2.19. The van der Waals surface area contributed by atoms with Gasteiger partial charge in [-0.15, -0.1) is 0 Å². The lowest BCUT2D eigenvalue weighted by molar-refractivity contribution is -0.118. The van der Waals surface area contributed by atoms with Crippen LogP contribution in [0.4, 0.5) is 24.8 Å². The number of anilines is 2. The minimum Gasteiger partial charge on any atom is -0.354 e. The van der Waals surface area contributed by atoms with Gasteiger partial charge in [0.1, 0.15) is 0 Å². The lowest BCUT2D eigenvalue weighted by Crippen LogP contribution is -2.43. The van der Waals surface area contributed by atoms with Gasteiger partial charge in [0.15, 0.2) is 17.5 Å². The van der Waals surface area contributed by atoms with Crippen LogP contribution in [0, 0.1) is 17.5 Å². The lowest BCUT2D eigenvalue weighted by Gasteiger charge is -2.16. The molecule has 0 aliphatic heterocycles. The molecular formula is C27H22ClF3N8O4. The molecule has 43 heavy (non-hydrogen) atoms. The molecule has 12 nitrogen and oxygen atoms in total. The third kappa shape index (κ3) is 6.35. The Hall–Kier alpha value is -5.18. The lowest BCUT2D eigenvalue weighted by atomic mass is 10.2. The number of H-pyrrole nitrogens is 1. The van der Waals surface area contributed by atoms with Gasteiger partial charge < -0.3 is 15.6 Å². The molecule has 3 heterocycles. The first kappa shape index (κ1) is 29.3. The summed E-state index contributed by atoms with van der Waals surface area (Å²) in [7, 11) is 0. The van der Waals surface area contributed by atoms with Crippen molar-refractivity contribution in [2.45, 2.75) is 26.6 Å². The number of rotatable bonds is 9. The summed E-state index contributed by atoms with van der Waals surface area (Å²) >= 11 is 6.47. The highest BCUT2D eigenvalue weighted by Crippen LogP contribution is 2.29. The van der Waals surface area contributed by atoms with Crippen LogP contribution in [0.1, 0.15) is 18.1 Å². The number of fused-ring (bicyclic) bond motifs is 1. The summed E-state index contributed by atoms with van der Waals surface area (Å²) in [6.45, 7) is 1.14. The molecule has 3 aromatic heterocycles. The van der Waals surface area contributed by atoms with Gasteiger partial charge in [0.2, 0.25) is 11.9 Å². The quantitative estimate of drug-likeness (QED) is 0.216. The number of aromatic nitrogens is 6. The number of carbonyl (C=O) groups excluding carboxylic acids is 1. The molecule has 0 saturated carbocycles. The fraction of sp³-hybridized carbons (Fsp3) is 0.185. The summed E-state index contributed by atoms with van der Waals surface area (Å²) in [5.41, 5.74) is -1.87. The molecule has 0 aliphatic rings. The molecule has 5 aromatic rings. The number of carbonyl (C=O) groups is 1. The first-order chi connectivity index (χ1) is 20.5. The SMILES string of the molecule is CC(=O)NCCn1cc2cc(Nc3nc(=O)n(Cc4ccc[nH]c4=O)c(=O)n3Cc3cc(F)c(F)c(F)c3)c(Cl)cc2n1. The monoisotopic (exact) mass is 614 g/mol. The number of hydrogen-bond acceptors (Lipinski definition) is 7. The van der Waals surface area contributed by atoms with Gasteiger partial charge >= 0.3 is 11.4 Å². The summed E-state index contributed by atoms with van der Waals surface area (Å²) in [6, 6.07) is 7.46. The second-order valence-electron chi connectivity index (χ2n) is 9.46. The zero-order valence-corrected chi connectivity index (χ0v) is 23.1. The van der Waals surface area contributed by atoms with Gasteiger partial charge in [0, 0.05) is 36.8 Å². The number of aromatic amines is 1. The molecule has 0 atom stereocenters. The van der Waals surface area contributed by atoms with Crippen molar-refractivity contribution in [3.05, 3.63) is 114 Å². The molecule has 0 saturated heterocycles. The fourth-order valence-electron chi connectivity index (χ4n) is 4.31. The van der Waals surface area contributed by atoms with Crippen LogP contribution in [0.5, 0.6) is 0 Å².